The number of anilines is 1. The Morgan fingerprint density at radius 2 is 1.87 bits per heavy atom. The minimum atomic E-state index is -0.0145. The van der Waals surface area contributed by atoms with Gasteiger partial charge in [0.05, 0.1) is 6.54 Å². The van der Waals surface area contributed by atoms with Gasteiger partial charge in [0.1, 0.15) is 11.9 Å². The summed E-state index contributed by atoms with van der Waals surface area (Å²) in [6, 6.07) is 7.40. The van der Waals surface area contributed by atoms with Crippen molar-refractivity contribution in [1.29, 1.82) is 0 Å². The zero-order chi connectivity index (χ0) is 20.3. The maximum absolute atomic E-state index is 13.0. The van der Waals surface area contributed by atoms with Crippen LogP contribution in [0.3, 0.4) is 0 Å². The molecule has 9 nitrogen and oxygen atoms in total. The molecular weight excluding hydrogens is 382 g/mol. The first-order valence-electron chi connectivity index (χ1n) is 10.2. The van der Waals surface area contributed by atoms with E-state index in [1.165, 1.54) is 0 Å². The van der Waals surface area contributed by atoms with Crippen molar-refractivity contribution in [3.8, 4) is 5.75 Å². The lowest BCUT2D eigenvalue weighted by Crippen LogP contribution is -2.36. The lowest BCUT2D eigenvalue weighted by molar-refractivity contribution is 0.0759. The van der Waals surface area contributed by atoms with Crippen molar-refractivity contribution in [1.82, 2.24) is 29.6 Å². The standard InChI is InChI=1S/C21H23N7O2/c29-20(26-9-2-10-27(12-11-26)21-23-5-1-6-24-21)19-14-16-13-18(15-28(16)25-19)30-17-3-7-22-8-4-17/h1,3-8,14,18H,2,9-13,15H2/t18-/m0/s1. The van der Waals surface area contributed by atoms with E-state index in [1.54, 1.807) is 24.8 Å². The SMILES string of the molecule is O=C(c1cc2n(n1)C[C@@H](Oc1ccncc1)C2)N1CCCN(c2ncccn2)CC1. The molecule has 5 heterocycles. The average Bonchev–Trinajstić information content (AvgIpc) is 3.23. The first kappa shape index (κ1) is 18.5. The van der Waals surface area contributed by atoms with Gasteiger partial charge in [-0.05, 0) is 30.7 Å². The molecule has 0 radical (unpaired) electrons. The number of amides is 1. The largest absolute Gasteiger partial charge is 0.488 e. The Labute approximate surface area is 174 Å². The summed E-state index contributed by atoms with van der Waals surface area (Å²) in [6.07, 6.45) is 8.55. The van der Waals surface area contributed by atoms with Gasteiger partial charge >= 0.3 is 0 Å². The number of pyridine rings is 1. The number of ether oxygens (including phenoxy) is 1. The van der Waals surface area contributed by atoms with E-state index in [4.69, 9.17) is 4.74 Å². The van der Waals surface area contributed by atoms with Crippen molar-refractivity contribution in [2.75, 3.05) is 31.1 Å². The average molecular weight is 405 g/mol. The normalized spacial score (nSPS) is 18.7. The number of nitrogens with zero attached hydrogens (tertiary/aromatic N) is 7. The van der Waals surface area contributed by atoms with Crippen LogP contribution in [-0.4, -0.2) is 67.8 Å². The molecule has 2 aliphatic heterocycles. The molecule has 1 amide bonds. The van der Waals surface area contributed by atoms with Crippen molar-refractivity contribution >= 4 is 11.9 Å². The van der Waals surface area contributed by atoms with Crippen molar-refractivity contribution in [3.05, 3.63) is 60.4 Å². The van der Waals surface area contributed by atoms with Crippen LogP contribution in [0.25, 0.3) is 0 Å². The summed E-state index contributed by atoms with van der Waals surface area (Å²) >= 11 is 0. The van der Waals surface area contributed by atoms with Crippen LogP contribution >= 0.6 is 0 Å². The highest BCUT2D eigenvalue weighted by Gasteiger charge is 2.29. The number of hydrogen-bond donors (Lipinski definition) is 0. The molecule has 9 heteroatoms. The number of aromatic nitrogens is 5. The lowest BCUT2D eigenvalue weighted by Gasteiger charge is -2.21. The molecule has 3 aromatic heterocycles. The first-order chi connectivity index (χ1) is 14.8. The molecule has 1 saturated heterocycles. The van der Waals surface area contributed by atoms with Crippen LogP contribution in [0.1, 0.15) is 22.6 Å². The van der Waals surface area contributed by atoms with Gasteiger partial charge < -0.3 is 14.5 Å². The predicted molar refractivity (Wildman–Crippen MR) is 109 cm³/mol. The summed E-state index contributed by atoms with van der Waals surface area (Å²) in [5.74, 6) is 1.50. The van der Waals surface area contributed by atoms with E-state index in [2.05, 4.69) is 25.0 Å². The Morgan fingerprint density at radius 3 is 2.67 bits per heavy atom. The van der Waals surface area contributed by atoms with E-state index >= 15 is 0 Å². The second kappa shape index (κ2) is 8.10. The zero-order valence-corrected chi connectivity index (χ0v) is 16.6. The van der Waals surface area contributed by atoms with Gasteiger partial charge in [-0.3, -0.25) is 14.5 Å². The second-order valence-corrected chi connectivity index (χ2v) is 7.51. The van der Waals surface area contributed by atoms with E-state index in [0.29, 0.717) is 37.8 Å². The number of hydrogen-bond acceptors (Lipinski definition) is 7. The van der Waals surface area contributed by atoms with E-state index in [-0.39, 0.29) is 12.0 Å². The molecule has 0 saturated carbocycles. The Morgan fingerprint density at radius 1 is 1.03 bits per heavy atom. The van der Waals surface area contributed by atoms with E-state index in [0.717, 1.165) is 30.8 Å². The van der Waals surface area contributed by atoms with Gasteiger partial charge in [-0.2, -0.15) is 5.10 Å². The van der Waals surface area contributed by atoms with Crippen LogP contribution in [0.2, 0.25) is 0 Å². The minimum Gasteiger partial charge on any atom is -0.488 e. The number of carbonyl (C=O) groups is 1. The van der Waals surface area contributed by atoms with Gasteiger partial charge in [-0.1, -0.05) is 0 Å². The lowest BCUT2D eigenvalue weighted by atomic mass is 10.2. The van der Waals surface area contributed by atoms with Crippen LogP contribution in [0.4, 0.5) is 5.95 Å². The third-order valence-electron chi connectivity index (χ3n) is 5.47. The summed E-state index contributed by atoms with van der Waals surface area (Å²) in [5.41, 5.74) is 1.54. The molecule has 0 unspecified atom stereocenters. The molecule has 1 atom stereocenters. The molecule has 30 heavy (non-hydrogen) atoms. The molecule has 0 aromatic carbocycles. The second-order valence-electron chi connectivity index (χ2n) is 7.51. The highest BCUT2D eigenvalue weighted by molar-refractivity contribution is 5.92. The molecule has 154 valence electrons. The van der Waals surface area contributed by atoms with Crippen LogP contribution < -0.4 is 9.64 Å². The van der Waals surface area contributed by atoms with Gasteiger partial charge in [-0.25, -0.2) is 9.97 Å². The quantitative estimate of drug-likeness (QED) is 0.649. The first-order valence-corrected chi connectivity index (χ1v) is 10.2. The van der Waals surface area contributed by atoms with Crippen LogP contribution in [0.15, 0.2) is 49.1 Å². The molecule has 5 rings (SSSR count). The summed E-state index contributed by atoms with van der Waals surface area (Å²) in [6.45, 7) is 3.53. The summed E-state index contributed by atoms with van der Waals surface area (Å²) in [4.78, 5) is 29.7. The molecule has 0 spiro atoms. The maximum atomic E-state index is 13.0. The molecule has 3 aromatic rings. The summed E-state index contributed by atoms with van der Waals surface area (Å²) in [5, 5.41) is 4.56. The van der Waals surface area contributed by atoms with E-state index < -0.39 is 0 Å². The van der Waals surface area contributed by atoms with Crippen LogP contribution in [0, 0.1) is 0 Å². The molecule has 0 aliphatic carbocycles. The Kier molecular flexibility index (Phi) is 5.00. The third-order valence-corrected chi connectivity index (χ3v) is 5.47. The van der Waals surface area contributed by atoms with Crippen molar-refractivity contribution in [2.45, 2.75) is 25.5 Å². The van der Waals surface area contributed by atoms with Crippen molar-refractivity contribution in [2.24, 2.45) is 0 Å². The van der Waals surface area contributed by atoms with E-state index in [1.807, 2.05) is 33.8 Å². The molecular formula is C21H23N7O2. The Bertz CT molecular complexity index is 985. The number of carbonyl (C=O) groups excluding carboxylic acids is 1. The summed E-state index contributed by atoms with van der Waals surface area (Å²) < 4.78 is 7.88. The molecule has 0 bridgehead atoms. The van der Waals surface area contributed by atoms with Gasteiger partial charge in [0.15, 0.2) is 5.69 Å². The predicted octanol–water partition coefficient (Wildman–Crippen LogP) is 1.42. The van der Waals surface area contributed by atoms with E-state index in [9.17, 15) is 4.79 Å². The van der Waals surface area contributed by atoms with Gasteiger partial charge in [-0.15, -0.1) is 0 Å². The maximum Gasteiger partial charge on any atom is 0.274 e. The Hall–Kier alpha value is -3.49. The number of fused-ring (bicyclic) bond motifs is 1. The fourth-order valence-corrected chi connectivity index (χ4v) is 4.00. The molecule has 2 aliphatic rings. The van der Waals surface area contributed by atoms with Gasteiger partial charge in [0, 0.05) is 63.1 Å². The van der Waals surface area contributed by atoms with Gasteiger partial charge in [0.25, 0.3) is 5.91 Å². The van der Waals surface area contributed by atoms with Crippen LogP contribution in [0.5, 0.6) is 5.75 Å². The molecule has 1 fully saturated rings. The highest BCUT2D eigenvalue weighted by atomic mass is 16.5. The fourth-order valence-electron chi connectivity index (χ4n) is 4.00. The summed E-state index contributed by atoms with van der Waals surface area (Å²) in [7, 11) is 0. The topological polar surface area (TPSA) is 89.3 Å². The van der Waals surface area contributed by atoms with Gasteiger partial charge in [0.2, 0.25) is 5.95 Å². The molecule has 0 N–H and O–H groups in total. The zero-order valence-electron chi connectivity index (χ0n) is 16.6. The van der Waals surface area contributed by atoms with Crippen molar-refractivity contribution < 1.29 is 9.53 Å². The van der Waals surface area contributed by atoms with Crippen molar-refractivity contribution in [3.63, 3.8) is 0 Å². The smallest absolute Gasteiger partial charge is 0.274 e. The fraction of sp³-hybridized carbons (Fsp3) is 0.381. The highest BCUT2D eigenvalue weighted by Crippen LogP contribution is 2.22. The van der Waals surface area contributed by atoms with Crippen LogP contribution in [-0.2, 0) is 13.0 Å². The Balaban J connectivity index is 1.20. The monoisotopic (exact) mass is 405 g/mol. The minimum absolute atomic E-state index is 0.0145. The third kappa shape index (κ3) is 3.83. The number of rotatable bonds is 4.